The lowest BCUT2D eigenvalue weighted by atomic mass is 10.0. The van der Waals surface area contributed by atoms with E-state index in [1.165, 1.54) is 12.1 Å². The fraction of sp³-hybridized carbons (Fsp3) is 0.235. The Kier molecular flexibility index (Phi) is 5.71. The van der Waals surface area contributed by atoms with Crippen molar-refractivity contribution in [3.05, 3.63) is 52.9 Å². The zero-order valence-electron chi connectivity index (χ0n) is 12.7. The Hall–Kier alpha value is -1.95. The van der Waals surface area contributed by atoms with E-state index in [0.717, 1.165) is 0 Å². The van der Waals surface area contributed by atoms with Crippen LogP contribution in [0.3, 0.4) is 0 Å². The molecular formula is C17H18ClFN2O2. The topological polar surface area (TPSA) is 68.4 Å². The van der Waals surface area contributed by atoms with Gasteiger partial charge in [-0.05, 0) is 31.2 Å². The van der Waals surface area contributed by atoms with Gasteiger partial charge in [-0.15, -0.1) is 0 Å². The first-order valence-electron chi connectivity index (χ1n) is 7.15. The van der Waals surface area contributed by atoms with Crippen LogP contribution in [-0.4, -0.2) is 23.2 Å². The first-order valence-corrected chi connectivity index (χ1v) is 7.53. The zero-order valence-corrected chi connectivity index (χ0v) is 13.5. The fourth-order valence-corrected chi connectivity index (χ4v) is 2.33. The Bertz CT molecular complexity index is 722. The van der Waals surface area contributed by atoms with Gasteiger partial charge in [-0.3, -0.25) is 0 Å². The second-order valence-corrected chi connectivity index (χ2v) is 5.24. The second-order valence-electron chi connectivity index (χ2n) is 4.83. The Morgan fingerprint density at radius 3 is 2.78 bits per heavy atom. The van der Waals surface area contributed by atoms with Crippen molar-refractivity contribution in [3.8, 4) is 17.0 Å². The molecule has 0 aliphatic heterocycles. The number of ether oxygens (including phenoxy) is 1. The third-order valence-electron chi connectivity index (χ3n) is 3.29. The van der Waals surface area contributed by atoms with Crippen LogP contribution < -0.4 is 10.5 Å². The lowest BCUT2D eigenvalue weighted by Crippen LogP contribution is -2.14. The number of hydrogen-bond acceptors (Lipinski definition) is 4. The van der Waals surface area contributed by atoms with E-state index in [-0.39, 0.29) is 11.6 Å². The van der Waals surface area contributed by atoms with Gasteiger partial charge in [0.25, 0.3) is 0 Å². The Balaban J connectivity index is 2.70. The molecule has 0 fully saturated rings. The Morgan fingerprint density at radius 2 is 2.22 bits per heavy atom. The number of nitrogens with two attached hydrogens (primary N) is 1. The fourth-order valence-electron chi connectivity index (χ4n) is 2.15. The van der Waals surface area contributed by atoms with Crippen molar-refractivity contribution in [1.82, 2.24) is 4.98 Å². The molecule has 23 heavy (non-hydrogen) atoms. The molecule has 1 aromatic carbocycles. The highest BCUT2D eigenvalue weighted by Gasteiger charge is 2.18. The molecule has 3 N–H and O–H groups in total. The van der Waals surface area contributed by atoms with Crippen molar-refractivity contribution in [2.45, 2.75) is 13.0 Å². The second kappa shape index (κ2) is 7.55. The van der Waals surface area contributed by atoms with E-state index in [2.05, 4.69) is 11.6 Å². The van der Waals surface area contributed by atoms with E-state index in [4.69, 9.17) is 22.1 Å². The van der Waals surface area contributed by atoms with Gasteiger partial charge in [-0.2, -0.15) is 0 Å². The van der Waals surface area contributed by atoms with Gasteiger partial charge in [0.15, 0.2) is 5.75 Å². The van der Waals surface area contributed by atoms with E-state index in [1.807, 2.05) is 6.92 Å². The first-order chi connectivity index (χ1) is 11.0. The maximum absolute atomic E-state index is 13.4. The van der Waals surface area contributed by atoms with Crippen LogP contribution in [0.2, 0.25) is 5.02 Å². The number of pyridine rings is 1. The minimum absolute atomic E-state index is 0.0170. The van der Waals surface area contributed by atoms with Crippen LogP contribution in [0, 0.1) is 5.82 Å². The summed E-state index contributed by atoms with van der Waals surface area (Å²) in [4.78, 5) is 4.43. The smallest absolute Gasteiger partial charge is 0.152 e. The summed E-state index contributed by atoms with van der Waals surface area (Å²) in [6.45, 7) is 6.05. The van der Waals surface area contributed by atoms with Crippen LogP contribution in [0.15, 0.2) is 30.8 Å². The van der Waals surface area contributed by atoms with Gasteiger partial charge in [-0.25, -0.2) is 9.37 Å². The summed E-state index contributed by atoms with van der Waals surface area (Å²) in [6.07, 6.45) is 0.688. The average Bonchev–Trinajstić information content (AvgIpc) is 2.57. The lowest BCUT2D eigenvalue weighted by Gasteiger charge is -2.17. The molecule has 6 heteroatoms. The Labute approximate surface area is 139 Å². The van der Waals surface area contributed by atoms with Gasteiger partial charge in [0.2, 0.25) is 0 Å². The highest BCUT2D eigenvalue weighted by molar-refractivity contribution is 6.31. The quantitative estimate of drug-likeness (QED) is 0.846. The molecule has 122 valence electrons. The molecule has 2 aromatic rings. The number of aliphatic hydroxyl groups excluding tert-OH is 1. The molecule has 0 amide bonds. The van der Waals surface area contributed by atoms with Gasteiger partial charge in [0.05, 0.1) is 17.3 Å². The zero-order chi connectivity index (χ0) is 17.0. The summed E-state index contributed by atoms with van der Waals surface area (Å²) in [6, 6.07) is 5.95. The number of halogens is 2. The van der Waals surface area contributed by atoms with Crippen LogP contribution in [0.25, 0.3) is 17.3 Å². The molecule has 1 unspecified atom stereocenters. The van der Waals surface area contributed by atoms with Crippen molar-refractivity contribution < 1.29 is 14.2 Å². The predicted molar refractivity (Wildman–Crippen MR) is 89.9 cm³/mol. The van der Waals surface area contributed by atoms with Gasteiger partial charge >= 0.3 is 0 Å². The third kappa shape index (κ3) is 3.69. The molecule has 0 aliphatic carbocycles. The van der Waals surface area contributed by atoms with Gasteiger partial charge in [0.1, 0.15) is 17.6 Å². The van der Waals surface area contributed by atoms with E-state index in [0.29, 0.717) is 34.9 Å². The van der Waals surface area contributed by atoms with E-state index >= 15 is 0 Å². The van der Waals surface area contributed by atoms with Crippen LogP contribution in [0.5, 0.6) is 5.75 Å². The maximum atomic E-state index is 13.4. The van der Waals surface area contributed by atoms with Gasteiger partial charge in [-0.1, -0.05) is 24.3 Å². The molecule has 0 aliphatic rings. The molecule has 4 nitrogen and oxygen atoms in total. The summed E-state index contributed by atoms with van der Waals surface area (Å²) in [5.74, 6) is -0.0198. The SMILES string of the molecule is C=Cc1cc(C(O)CN)nc(-c2ccc(F)c(Cl)c2)c1OCC. The molecule has 0 saturated carbocycles. The van der Waals surface area contributed by atoms with Gasteiger partial charge < -0.3 is 15.6 Å². The van der Waals surface area contributed by atoms with Crippen LogP contribution in [0.1, 0.15) is 24.3 Å². The highest BCUT2D eigenvalue weighted by atomic mass is 35.5. The summed E-state index contributed by atoms with van der Waals surface area (Å²) in [5, 5.41) is 9.97. The molecule has 0 bridgehead atoms. The Morgan fingerprint density at radius 1 is 1.48 bits per heavy atom. The molecule has 1 heterocycles. The van der Waals surface area contributed by atoms with Crippen LogP contribution >= 0.6 is 11.6 Å². The standard InChI is InChI=1S/C17H18ClFN2O2/c1-3-10-8-14(15(22)9-20)21-16(17(10)23-4-2)11-5-6-13(19)12(18)7-11/h3,5-8,15,22H,1,4,9,20H2,2H3. The lowest BCUT2D eigenvalue weighted by molar-refractivity contribution is 0.182. The number of rotatable bonds is 6. The average molecular weight is 337 g/mol. The van der Waals surface area contributed by atoms with Crippen molar-refractivity contribution in [2.75, 3.05) is 13.2 Å². The minimum Gasteiger partial charge on any atom is -0.491 e. The molecule has 0 saturated heterocycles. The monoisotopic (exact) mass is 336 g/mol. The molecular weight excluding hydrogens is 319 g/mol. The molecule has 1 aromatic heterocycles. The molecule has 0 radical (unpaired) electrons. The third-order valence-corrected chi connectivity index (χ3v) is 3.58. The number of aromatic nitrogens is 1. The van der Waals surface area contributed by atoms with Crippen molar-refractivity contribution in [3.63, 3.8) is 0 Å². The number of benzene rings is 1. The molecule has 0 spiro atoms. The van der Waals surface area contributed by atoms with Crippen LogP contribution in [0.4, 0.5) is 4.39 Å². The molecule has 2 rings (SSSR count). The largest absolute Gasteiger partial charge is 0.491 e. The van der Waals surface area contributed by atoms with Crippen molar-refractivity contribution in [2.24, 2.45) is 5.73 Å². The molecule has 1 atom stereocenters. The summed E-state index contributed by atoms with van der Waals surface area (Å²) in [7, 11) is 0. The van der Waals surface area contributed by atoms with E-state index in [1.54, 1.807) is 18.2 Å². The van der Waals surface area contributed by atoms with Gasteiger partial charge in [0, 0.05) is 17.7 Å². The first kappa shape index (κ1) is 17.4. The van der Waals surface area contributed by atoms with E-state index < -0.39 is 11.9 Å². The number of nitrogens with zero attached hydrogens (tertiary/aromatic N) is 1. The summed E-state index contributed by atoms with van der Waals surface area (Å²) in [5.41, 5.74) is 7.59. The highest BCUT2D eigenvalue weighted by Crippen LogP contribution is 2.35. The maximum Gasteiger partial charge on any atom is 0.152 e. The number of hydrogen-bond donors (Lipinski definition) is 2. The minimum atomic E-state index is -0.918. The predicted octanol–water partition coefficient (Wildman–Crippen LogP) is 3.57. The van der Waals surface area contributed by atoms with Crippen molar-refractivity contribution in [1.29, 1.82) is 0 Å². The summed E-state index contributed by atoms with van der Waals surface area (Å²) < 4.78 is 19.1. The number of aliphatic hydroxyl groups is 1. The normalized spacial score (nSPS) is 12.0. The van der Waals surface area contributed by atoms with Crippen molar-refractivity contribution >= 4 is 17.7 Å². The summed E-state index contributed by atoms with van der Waals surface area (Å²) >= 11 is 5.86. The van der Waals surface area contributed by atoms with E-state index in [9.17, 15) is 9.50 Å². The van der Waals surface area contributed by atoms with Crippen LogP contribution in [-0.2, 0) is 0 Å².